The molecule has 0 amide bonds. The van der Waals surface area contributed by atoms with Crippen LogP contribution >= 0.6 is 0 Å². The molecule has 4 aromatic rings. The van der Waals surface area contributed by atoms with E-state index in [2.05, 4.69) is 136 Å². The summed E-state index contributed by atoms with van der Waals surface area (Å²) in [5, 5.41) is 0. The molecule has 0 saturated heterocycles. The van der Waals surface area contributed by atoms with Gasteiger partial charge in [-0.1, -0.05) is 0 Å². The second-order valence-corrected chi connectivity index (χ2v) is 35.4. The van der Waals surface area contributed by atoms with Gasteiger partial charge in [0.25, 0.3) is 0 Å². The van der Waals surface area contributed by atoms with Gasteiger partial charge in [0, 0.05) is 0 Å². The minimum atomic E-state index is -2.26. The standard InChI is InChI=1S/2C16H13.C2H6Si.2ClH.Hf/c2*1-12-10-14-8-5-9-15(16(14)11-12)13-6-3-2-4-7-13;1-3-2;;;/h2*2-11H,1H3;1-2H3;2*1H;/q;;;;;+2/p-2. The average molecular weight is 718 g/mol. The number of hydrogen-bond acceptors (Lipinski definition) is 0. The number of fused-ring (bicyclic) bond motifs is 2. The predicted molar refractivity (Wildman–Crippen MR) is 154 cm³/mol. The fourth-order valence-corrected chi connectivity index (χ4v) is 35.8. The van der Waals surface area contributed by atoms with Crippen LogP contribution in [0.1, 0.15) is 43.5 Å². The second-order valence-electron chi connectivity index (χ2n) is 10.4. The van der Waals surface area contributed by atoms with Crippen LogP contribution in [0.2, 0.25) is 13.1 Å². The fourth-order valence-electron chi connectivity index (χ4n) is 6.41. The molecule has 0 heterocycles. The van der Waals surface area contributed by atoms with Crippen LogP contribution < -0.4 is 24.8 Å². The van der Waals surface area contributed by atoms with Crippen molar-refractivity contribution >= 4 is 17.6 Å². The van der Waals surface area contributed by atoms with Crippen molar-refractivity contribution < 1.29 is 44.9 Å². The van der Waals surface area contributed by atoms with Crippen molar-refractivity contribution in [1.29, 1.82) is 0 Å². The summed E-state index contributed by atoms with van der Waals surface area (Å²) in [6, 6.07) is 36.0. The van der Waals surface area contributed by atoms with Gasteiger partial charge in [-0.25, -0.2) is 0 Å². The molecular weight excluding hydrogens is 686 g/mol. The van der Waals surface area contributed by atoms with E-state index in [4.69, 9.17) is 0 Å². The van der Waals surface area contributed by atoms with Crippen molar-refractivity contribution in [3.8, 4) is 22.3 Å². The van der Waals surface area contributed by atoms with Crippen LogP contribution in [0.25, 0.3) is 34.4 Å². The van der Waals surface area contributed by atoms with E-state index in [0.717, 1.165) is 0 Å². The van der Waals surface area contributed by atoms with E-state index in [1.54, 1.807) is 22.3 Å². The van der Waals surface area contributed by atoms with Gasteiger partial charge in [-0.3, -0.25) is 0 Å². The summed E-state index contributed by atoms with van der Waals surface area (Å²) in [5.41, 5.74) is 14.5. The Kier molecular flexibility index (Phi) is 9.20. The van der Waals surface area contributed by atoms with Gasteiger partial charge in [0.05, 0.1) is 0 Å². The van der Waals surface area contributed by atoms with E-state index in [-0.39, 0.29) is 24.8 Å². The number of rotatable bonds is 4. The first-order valence-corrected chi connectivity index (χ1v) is 25.0. The van der Waals surface area contributed by atoms with Gasteiger partial charge in [0.1, 0.15) is 0 Å². The summed E-state index contributed by atoms with van der Waals surface area (Å²) < 4.78 is 1.36. The Labute approximate surface area is 247 Å². The molecule has 0 radical (unpaired) electrons. The monoisotopic (exact) mass is 718 g/mol. The van der Waals surface area contributed by atoms with Crippen LogP contribution in [0.3, 0.4) is 0 Å². The molecule has 0 fully saturated rings. The van der Waals surface area contributed by atoms with Crippen LogP contribution in [0, 0.1) is 0 Å². The van der Waals surface area contributed by atoms with Crippen LogP contribution in [0.5, 0.6) is 0 Å². The molecule has 6 rings (SSSR count). The minimum absolute atomic E-state index is 0. The Morgan fingerprint density at radius 1 is 0.526 bits per heavy atom. The Balaban J connectivity index is 0.00000168. The van der Waals surface area contributed by atoms with Crippen LogP contribution in [0.15, 0.2) is 108 Å². The number of halogens is 2. The fraction of sp³-hybridized carbons (Fsp3) is 0.176. The Hall–Kier alpha value is -1.97. The van der Waals surface area contributed by atoms with Crippen molar-refractivity contribution in [2.24, 2.45) is 0 Å². The molecule has 0 aliphatic heterocycles. The molecule has 2 aliphatic carbocycles. The summed E-state index contributed by atoms with van der Waals surface area (Å²) in [6.45, 7) is 10.1. The van der Waals surface area contributed by atoms with E-state index < -0.39 is 25.6 Å². The van der Waals surface area contributed by atoms with Gasteiger partial charge in [0.2, 0.25) is 0 Å². The quantitative estimate of drug-likeness (QED) is 0.284. The van der Waals surface area contributed by atoms with Crippen molar-refractivity contribution in [3.63, 3.8) is 0 Å². The van der Waals surface area contributed by atoms with Crippen LogP contribution in [-0.2, 0) is 20.1 Å². The largest absolute Gasteiger partial charge is 1.00 e. The molecule has 0 spiro atoms. The van der Waals surface area contributed by atoms with Gasteiger partial charge in [-0.15, -0.1) is 0 Å². The maximum Gasteiger partial charge on any atom is -1.00 e. The minimum Gasteiger partial charge on any atom is -1.00 e. The molecule has 0 unspecified atom stereocenters. The normalized spacial score (nSPS) is 16.6. The van der Waals surface area contributed by atoms with Gasteiger partial charge >= 0.3 is 225 Å². The summed E-state index contributed by atoms with van der Waals surface area (Å²) in [7, 11) is 0. The molecular formula is C34H32Cl2HfSi. The van der Waals surface area contributed by atoms with E-state index in [9.17, 15) is 0 Å². The zero-order valence-electron chi connectivity index (χ0n) is 22.3. The van der Waals surface area contributed by atoms with Gasteiger partial charge in [-0.05, 0) is 0 Å². The zero-order chi connectivity index (χ0) is 24.8. The molecule has 2 aliphatic rings. The first-order valence-electron chi connectivity index (χ1n) is 12.9. The molecule has 4 aromatic carbocycles. The molecule has 0 saturated carbocycles. The first-order chi connectivity index (χ1) is 17.5. The molecule has 38 heavy (non-hydrogen) atoms. The van der Waals surface area contributed by atoms with Gasteiger partial charge < -0.3 is 24.8 Å². The SMILES string of the molecule is CC1=Cc2c(-c3ccccc3)cccc2[C@@H]1[Hf+2]([C@H]1C(C)=Cc2c(-c3ccccc3)cccc21)=[Si](C)C.[Cl-].[Cl-]. The molecule has 0 bridgehead atoms. The van der Waals surface area contributed by atoms with E-state index in [1.807, 2.05) is 0 Å². The van der Waals surface area contributed by atoms with E-state index >= 15 is 0 Å². The third kappa shape index (κ3) is 5.02. The number of allylic oxidation sites excluding steroid dienone is 2. The maximum atomic E-state index is 2.62. The van der Waals surface area contributed by atoms with Gasteiger partial charge in [-0.2, -0.15) is 0 Å². The zero-order valence-corrected chi connectivity index (χ0v) is 28.4. The number of benzene rings is 4. The van der Waals surface area contributed by atoms with Crippen molar-refractivity contribution in [3.05, 3.63) is 130 Å². The average Bonchev–Trinajstić information content (AvgIpc) is 3.41. The van der Waals surface area contributed by atoms with E-state index in [1.165, 1.54) is 33.4 Å². The molecule has 0 nitrogen and oxygen atoms in total. The summed E-state index contributed by atoms with van der Waals surface area (Å²) >= 11 is -2.26. The van der Waals surface area contributed by atoms with Crippen LogP contribution in [0.4, 0.5) is 0 Å². The molecule has 0 N–H and O–H groups in total. The molecule has 190 valence electrons. The number of hydrogen-bond donors (Lipinski definition) is 0. The van der Waals surface area contributed by atoms with Crippen molar-refractivity contribution in [2.75, 3.05) is 0 Å². The molecule has 0 aromatic heterocycles. The smallest absolute Gasteiger partial charge is 1.00 e. The molecule has 4 heteroatoms. The summed E-state index contributed by atoms with van der Waals surface area (Å²) in [5.74, 6) is 0. The van der Waals surface area contributed by atoms with Crippen molar-refractivity contribution in [2.45, 2.75) is 34.3 Å². The summed E-state index contributed by atoms with van der Waals surface area (Å²) in [6.07, 6.45) is 5.07. The third-order valence-electron chi connectivity index (χ3n) is 7.93. The van der Waals surface area contributed by atoms with Crippen molar-refractivity contribution in [1.82, 2.24) is 0 Å². The predicted octanol–water partition coefficient (Wildman–Crippen LogP) is 3.51. The maximum absolute atomic E-state index is 2.62. The van der Waals surface area contributed by atoms with Crippen LogP contribution in [-0.4, -0.2) is 5.49 Å². The topological polar surface area (TPSA) is 0 Å². The van der Waals surface area contributed by atoms with Gasteiger partial charge in [0.15, 0.2) is 0 Å². The Bertz CT molecular complexity index is 1450. The summed E-state index contributed by atoms with van der Waals surface area (Å²) in [4.78, 5) is 0. The Morgan fingerprint density at radius 2 is 0.921 bits per heavy atom. The molecule has 2 atom stereocenters. The van der Waals surface area contributed by atoms with E-state index in [0.29, 0.717) is 7.35 Å². The third-order valence-corrected chi connectivity index (χ3v) is 36.2. The first kappa shape index (κ1) is 29.0. The second kappa shape index (κ2) is 12.0. The Morgan fingerprint density at radius 3 is 1.29 bits per heavy atom.